The number of oxime groups is 1. The van der Waals surface area contributed by atoms with Gasteiger partial charge in [0.15, 0.2) is 11.5 Å². The number of aliphatic hydroxyl groups is 2. The molecule has 0 bridgehead atoms. The van der Waals surface area contributed by atoms with Crippen molar-refractivity contribution in [1.82, 2.24) is 4.90 Å². The first kappa shape index (κ1) is 39.8. The van der Waals surface area contributed by atoms with Gasteiger partial charge in [-0.15, -0.1) is 6.58 Å². The minimum Gasteiger partial charge on any atom is -0.508 e. The number of fused-ring (bicyclic) bond motifs is 3. The molecule has 1 saturated carbocycles. The summed E-state index contributed by atoms with van der Waals surface area (Å²) in [5.41, 5.74) is 3.27. The number of nitro benzene ring substituents is 1. The maximum Gasteiger partial charge on any atom is 0.269 e. The zero-order valence-corrected chi connectivity index (χ0v) is 32.0. The van der Waals surface area contributed by atoms with Crippen LogP contribution in [0.3, 0.4) is 0 Å². The van der Waals surface area contributed by atoms with E-state index in [0.29, 0.717) is 46.9 Å². The summed E-state index contributed by atoms with van der Waals surface area (Å²) >= 11 is 0. The lowest BCUT2D eigenvalue weighted by molar-refractivity contribution is -0.384. The zero-order valence-electron chi connectivity index (χ0n) is 32.0. The van der Waals surface area contributed by atoms with Gasteiger partial charge in [0.25, 0.3) is 11.6 Å². The van der Waals surface area contributed by atoms with Crippen LogP contribution in [0.4, 0.5) is 5.69 Å². The summed E-state index contributed by atoms with van der Waals surface area (Å²) in [6.45, 7) is 4.28. The van der Waals surface area contributed by atoms with Gasteiger partial charge in [0.05, 0.1) is 23.2 Å². The van der Waals surface area contributed by atoms with Crippen LogP contribution in [0.15, 0.2) is 90.1 Å². The van der Waals surface area contributed by atoms with Crippen molar-refractivity contribution in [2.45, 2.75) is 69.3 Å². The number of allylic oxidation sites excluding steroid dienone is 1. The molecule has 0 radical (unpaired) electrons. The Labute approximate surface area is 331 Å². The van der Waals surface area contributed by atoms with E-state index < -0.39 is 22.7 Å². The van der Waals surface area contributed by atoms with E-state index in [4.69, 9.17) is 28.9 Å². The van der Waals surface area contributed by atoms with E-state index in [-0.39, 0.29) is 74.7 Å². The summed E-state index contributed by atoms with van der Waals surface area (Å²) in [5.74, 6) is -0.967. The molecule has 1 fully saturated rings. The van der Waals surface area contributed by atoms with Crippen molar-refractivity contribution in [2.24, 2.45) is 22.9 Å². The third-order valence-electron chi connectivity index (χ3n) is 11.6. The molecule has 0 unspecified atom stereocenters. The Morgan fingerprint density at radius 3 is 2.49 bits per heavy atom. The summed E-state index contributed by atoms with van der Waals surface area (Å²) in [4.78, 5) is 33.0. The first-order valence-corrected chi connectivity index (χ1v) is 19.5. The number of amides is 1. The van der Waals surface area contributed by atoms with Crippen molar-refractivity contribution < 1.29 is 48.8 Å². The monoisotopic (exact) mass is 783 g/mol. The lowest BCUT2D eigenvalue weighted by atomic mass is 9.55. The number of carbonyl (C=O) groups excluding carboxylic acids is 1. The smallest absolute Gasteiger partial charge is 0.269 e. The zero-order chi connectivity index (χ0) is 40.1. The number of rotatable bonds is 17. The lowest BCUT2D eigenvalue weighted by Crippen LogP contribution is -2.69. The Morgan fingerprint density at radius 1 is 1.02 bits per heavy atom. The van der Waals surface area contributed by atoms with Crippen LogP contribution in [0, 0.1) is 27.9 Å². The van der Waals surface area contributed by atoms with Crippen LogP contribution in [0.5, 0.6) is 23.0 Å². The number of likely N-dealkylation sites (N-methyl/N-ethyl adjacent to an activating group) is 1. The van der Waals surface area contributed by atoms with E-state index in [0.717, 1.165) is 36.8 Å². The molecule has 14 heteroatoms. The maximum absolute atomic E-state index is 14.6. The van der Waals surface area contributed by atoms with Crippen molar-refractivity contribution in [3.63, 3.8) is 0 Å². The molecular weight excluding hydrogens is 734 g/mol. The lowest BCUT2D eigenvalue weighted by Gasteiger charge is -2.59. The number of benzene rings is 3. The molecule has 1 amide bonds. The molecule has 0 aromatic heterocycles. The normalized spacial score (nSPS) is 24.8. The minimum atomic E-state index is -1.46. The molecule has 2 heterocycles. The number of phenols is 1. The number of hydrogen-bond donors (Lipinski definition) is 3. The predicted molar refractivity (Wildman–Crippen MR) is 209 cm³/mol. The van der Waals surface area contributed by atoms with Crippen molar-refractivity contribution in [3.8, 4) is 23.0 Å². The van der Waals surface area contributed by atoms with Gasteiger partial charge in [0.2, 0.25) is 12.6 Å². The molecule has 3 N–H and O–H groups in total. The number of non-ortho nitro benzene ring substituents is 1. The number of aliphatic hydroxyl groups excluding tert-OH is 2. The number of carbonyl (C=O) groups is 1. The van der Waals surface area contributed by atoms with Gasteiger partial charge in [-0.1, -0.05) is 30.1 Å². The summed E-state index contributed by atoms with van der Waals surface area (Å²) < 4.78 is 25.1. The van der Waals surface area contributed by atoms with E-state index in [1.807, 2.05) is 0 Å². The summed E-state index contributed by atoms with van der Waals surface area (Å²) in [7, 11) is 1.71. The molecule has 14 nitrogen and oxygen atoms in total. The first-order chi connectivity index (χ1) is 27.7. The summed E-state index contributed by atoms with van der Waals surface area (Å²) in [6.07, 6.45) is 8.36. The molecular formula is C43H49N3O11. The summed E-state index contributed by atoms with van der Waals surface area (Å²) in [5, 5.41) is 46.5. The molecule has 6 atom stereocenters. The molecule has 3 aromatic carbocycles. The largest absolute Gasteiger partial charge is 0.508 e. The van der Waals surface area contributed by atoms with E-state index in [1.54, 1.807) is 66.6 Å². The Bertz CT molecular complexity index is 2020. The highest BCUT2D eigenvalue weighted by Gasteiger charge is 2.65. The fourth-order valence-corrected chi connectivity index (χ4v) is 9.01. The average Bonchev–Trinajstić information content (AvgIpc) is 3.70. The molecule has 7 rings (SSSR count). The molecule has 3 aromatic rings. The number of aromatic hydroxyl groups is 1. The van der Waals surface area contributed by atoms with Crippen LogP contribution in [0.2, 0.25) is 0 Å². The second-order valence-electron chi connectivity index (χ2n) is 15.0. The van der Waals surface area contributed by atoms with Gasteiger partial charge in [0.1, 0.15) is 24.1 Å². The number of unbranched alkanes of at least 4 members (excludes halogenated alkanes) is 2. The molecule has 57 heavy (non-hydrogen) atoms. The SMILES string of the molecule is C=CCO[C@@]12Oc3ccc(O)cc3[C@H]3[C@H](CCCCO)[C@@H](CCCCO)C=C(C(=NOCc4ccc([N+](=O)[O-])cc4)C[C@@H]1N(C)C(=O)c1ccc4c(c1)OCO4)[C@H]32. The van der Waals surface area contributed by atoms with Crippen LogP contribution in [0.1, 0.15) is 72.3 Å². The Morgan fingerprint density at radius 2 is 1.75 bits per heavy atom. The molecule has 0 saturated heterocycles. The number of nitro groups is 1. The maximum atomic E-state index is 14.6. The number of phenolic OH excluding ortho intramolecular Hbond substituents is 1. The van der Waals surface area contributed by atoms with Gasteiger partial charge in [0, 0.05) is 55.9 Å². The predicted octanol–water partition coefficient (Wildman–Crippen LogP) is 6.64. The average molecular weight is 784 g/mol. The fourth-order valence-electron chi connectivity index (χ4n) is 9.01. The second kappa shape index (κ2) is 17.4. The van der Waals surface area contributed by atoms with E-state index in [1.165, 1.54) is 12.1 Å². The summed E-state index contributed by atoms with van der Waals surface area (Å²) in [6, 6.07) is 15.4. The molecule has 2 aliphatic carbocycles. The molecule has 302 valence electrons. The van der Waals surface area contributed by atoms with Crippen LogP contribution in [-0.4, -0.2) is 82.3 Å². The van der Waals surface area contributed by atoms with Crippen molar-refractivity contribution in [1.29, 1.82) is 0 Å². The molecule has 2 aliphatic heterocycles. The Hall–Kier alpha value is -5.44. The van der Waals surface area contributed by atoms with Crippen LogP contribution < -0.4 is 14.2 Å². The van der Waals surface area contributed by atoms with Gasteiger partial charge < -0.3 is 44.0 Å². The standard InChI is InChI=1S/C43H49N3O11/c1-3-20-55-43-39(45(2)42(50)29-12-16-37-38(22-29)54-26-53-37)24-35(44-56-25-27-10-13-30(14-11-27)46(51)52)33-21-28(8-4-6-18-47)32(9-5-7-19-48)40(41(33)43)34-23-31(49)15-17-36(34)57-43/h3,10-17,21-23,28,32,39-41,47-49H,1,4-9,18-20,24-26H2,2H3/t28-,32+,39-,40+,41+,43+/m0/s1. The third kappa shape index (κ3) is 7.94. The first-order valence-electron chi connectivity index (χ1n) is 19.5. The number of nitrogens with zero attached hydrogens (tertiary/aromatic N) is 3. The van der Waals surface area contributed by atoms with E-state index in [9.17, 15) is 30.2 Å². The van der Waals surface area contributed by atoms with Crippen molar-refractivity contribution >= 4 is 17.3 Å². The van der Waals surface area contributed by atoms with Gasteiger partial charge in [-0.25, -0.2) is 0 Å². The molecule has 0 spiro atoms. The highest BCUT2D eigenvalue weighted by atomic mass is 16.7. The number of ether oxygens (including phenoxy) is 4. The van der Waals surface area contributed by atoms with Gasteiger partial charge in [-0.2, -0.15) is 0 Å². The highest BCUT2D eigenvalue weighted by Crippen LogP contribution is 2.62. The van der Waals surface area contributed by atoms with Gasteiger partial charge in [-0.05, 0) is 97.2 Å². The Balaban J connectivity index is 1.38. The van der Waals surface area contributed by atoms with E-state index in [2.05, 4.69) is 12.7 Å². The topological polar surface area (TPSA) is 183 Å². The fraction of sp³-hybridized carbons (Fsp3) is 0.442. The second-order valence-corrected chi connectivity index (χ2v) is 15.0. The Kier molecular flexibility index (Phi) is 12.1. The number of hydrogen-bond acceptors (Lipinski definition) is 12. The van der Waals surface area contributed by atoms with Crippen LogP contribution in [0.25, 0.3) is 0 Å². The molecule has 4 aliphatic rings. The van der Waals surface area contributed by atoms with Crippen LogP contribution >= 0.6 is 0 Å². The van der Waals surface area contributed by atoms with Crippen molar-refractivity contribution in [3.05, 3.63) is 112 Å². The van der Waals surface area contributed by atoms with Gasteiger partial charge >= 0.3 is 0 Å². The van der Waals surface area contributed by atoms with Crippen LogP contribution in [-0.2, 0) is 16.2 Å². The van der Waals surface area contributed by atoms with Gasteiger partial charge in [-0.3, -0.25) is 14.9 Å². The third-order valence-corrected chi connectivity index (χ3v) is 11.6. The minimum absolute atomic E-state index is 0.00366. The quantitative estimate of drug-likeness (QED) is 0.0578. The van der Waals surface area contributed by atoms with E-state index >= 15 is 0 Å². The highest BCUT2D eigenvalue weighted by molar-refractivity contribution is 6.03. The van der Waals surface area contributed by atoms with Crippen molar-refractivity contribution in [2.75, 3.05) is 33.7 Å².